The van der Waals surface area contributed by atoms with E-state index in [1.54, 1.807) is 5.57 Å². The summed E-state index contributed by atoms with van der Waals surface area (Å²) in [5.74, 6) is 1.71. The van der Waals surface area contributed by atoms with Gasteiger partial charge in [-0.1, -0.05) is 74.9 Å². The third-order valence-electron chi connectivity index (χ3n) is 9.04. The van der Waals surface area contributed by atoms with Crippen molar-refractivity contribution in [3.63, 3.8) is 0 Å². The molecule has 34 heavy (non-hydrogen) atoms. The molecule has 3 nitrogen and oxygen atoms in total. The molecule has 186 valence electrons. The molecule has 0 amide bonds. The molecule has 4 rings (SSSR count). The first-order valence-electron chi connectivity index (χ1n) is 13.3. The predicted octanol–water partition coefficient (Wildman–Crippen LogP) is 6.86. The molecule has 3 saturated carbocycles. The van der Waals surface area contributed by atoms with Crippen LogP contribution in [0.25, 0.3) is 0 Å². The van der Waals surface area contributed by atoms with Crippen LogP contribution in [-0.2, 0) is 11.3 Å². The van der Waals surface area contributed by atoms with Gasteiger partial charge in [0.15, 0.2) is 0 Å². The Morgan fingerprint density at radius 3 is 2.56 bits per heavy atom. The Kier molecular flexibility index (Phi) is 7.86. The second kappa shape index (κ2) is 10.5. The van der Waals surface area contributed by atoms with Gasteiger partial charge in [-0.3, -0.25) is 0 Å². The summed E-state index contributed by atoms with van der Waals surface area (Å²) in [7, 11) is 0. The van der Waals surface area contributed by atoms with Gasteiger partial charge in [0, 0.05) is 0 Å². The Bertz CT molecular complexity index is 926. The van der Waals surface area contributed by atoms with E-state index in [0.717, 1.165) is 12.0 Å². The average Bonchev–Trinajstić information content (AvgIpc) is 3.17. The van der Waals surface area contributed by atoms with Gasteiger partial charge >= 0.3 is 0 Å². The lowest BCUT2D eigenvalue weighted by atomic mass is 9.62. The third kappa shape index (κ3) is 5.27. The first kappa shape index (κ1) is 25.4. The molecule has 0 aromatic heterocycles. The normalized spacial score (nSPS) is 33.9. The Morgan fingerprint density at radius 2 is 1.85 bits per heavy atom. The van der Waals surface area contributed by atoms with Gasteiger partial charge in [-0.2, -0.15) is 0 Å². The van der Waals surface area contributed by atoms with Crippen molar-refractivity contribution in [2.75, 3.05) is 0 Å². The highest BCUT2D eigenvalue weighted by atomic mass is 16.5. The summed E-state index contributed by atoms with van der Waals surface area (Å²) >= 11 is 0. The van der Waals surface area contributed by atoms with Gasteiger partial charge in [-0.15, -0.1) is 0 Å². The minimum atomic E-state index is -0.625. The molecule has 1 aromatic carbocycles. The number of fused-ring (bicyclic) bond motifs is 1. The van der Waals surface area contributed by atoms with Crippen LogP contribution < -0.4 is 0 Å². The van der Waals surface area contributed by atoms with E-state index in [2.05, 4.69) is 70.7 Å². The number of aliphatic hydroxyl groups excluding tert-OH is 2. The summed E-state index contributed by atoms with van der Waals surface area (Å²) in [6, 6.07) is 8.83. The monoisotopic (exact) mass is 464 g/mol. The summed E-state index contributed by atoms with van der Waals surface area (Å²) in [6.45, 7) is 13.8. The van der Waals surface area contributed by atoms with Crippen LogP contribution in [0.4, 0.5) is 0 Å². The molecule has 0 radical (unpaired) electrons. The van der Waals surface area contributed by atoms with E-state index in [1.807, 2.05) is 0 Å². The highest BCUT2D eigenvalue weighted by Gasteiger charge is 2.51. The molecule has 0 bridgehead atoms. The molecule has 3 unspecified atom stereocenters. The molecule has 3 fully saturated rings. The minimum absolute atomic E-state index is 0.241. The zero-order valence-electron chi connectivity index (χ0n) is 21.6. The van der Waals surface area contributed by atoms with E-state index in [4.69, 9.17) is 4.74 Å². The lowest BCUT2D eigenvalue weighted by Crippen LogP contribution is -2.38. The molecule has 0 heterocycles. The van der Waals surface area contributed by atoms with Gasteiger partial charge in [0.05, 0.1) is 24.9 Å². The number of hydrogen-bond donors (Lipinski definition) is 2. The molecule has 1 aromatic rings. The van der Waals surface area contributed by atoms with Crippen LogP contribution in [-0.4, -0.2) is 28.5 Å². The van der Waals surface area contributed by atoms with E-state index in [-0.39, 0.29) is 11.5 Å². The number of rotatable bonds is 6. The van der Waals surface area contributed by atoms with Crippen LogP contribution in [0.1, 0.15) is 89.7 Å². The fraction of sp³-hybridized carbons (Fsp3) is 0.613. The van der Waals surface area contributed by atoms with Crippen LogP contribution in [0.15, 0.2) is 59.7 Å². The Labute approximate surface area is 206 Å². The molecule has 0 aliphatic heterocycles. The summed E-state index contributed by atoms with van der Waals surface area (Å²) in [5, 5.41) is 20.4. The van der Waals surface area contributed by atoms with Gasteiger partial charge < -0.3 is 14.9 Å². The summed E-state index contributed by atoms with van der Waals surface area (Å²) < 4.78 is 6.49. The fourth-order valence-corrected chi connectivity index (χ4v) is 6.86. The van der Waals surface area contributed by atoms with E-state index >= 15 is 0 Å². The zero-order valence-corrected chi connectivity index (χ0v) is 21.6. The number of benzene rings is 1. The Hall–Kier alpha value is -1.68. The molecule has 3 aliphatic rings. The molecular weight excluding hydrogens is 420 g/mol. The second-order valence-electron chi connectivity index (χ2n) is 11.6. The Morgan fingerprint density at radius 1 is 1.12 bits per heavy atom. The van der Waals surface area contributed by atoms with Gasteiger partial charge in [-0.25, -0.2) is 0 Å². The fourth-order valence-electron chi connectivity index (χ4n) is 6.86. The van der Waals surface area contributed by atoms with Crippen LogP contribution in [0, 0.1) is 17.3 Å². The van der Waals surface area contributed by atoms with Crippen molar-refractivity contribution in [1.29, 1.82) is 0 Å². The number of aliphatic hydroxyl groups is 2. The minimum Gasteiger partial charge on any atom is -0.388 e. The number of ether oxygens (including phenoxy) is 1. The maximum Gasteiger partial charge on any atom is 0.0809 e. The predicted molar refractivity (Wildman–Crippen MR) is 140 cm³/mol. The first-order valence-corrected chi connectivity index (χ1v) is 13.3. The molecule has 0 saturated heterocycles. The maximum atomic E-state index is 10.2. The third-order valence-corrected chi connectivity index (χ3v) is 9.04. The van der Waals surface area contributed by atoms with Crippen LogP contribution in [0.5, 0.6) is 0 Å². The van der Waals surface area contributed by atoms with Crippen molar-refractivity contribution >= 4 is 0 Å². The summed E-state index contributed by atoms with van der Waals surface area (Å²) in [5.41, 5.74) is 6.16. The lowest BCUT2D eigenvalue weighted by molar-refractivity contribution is -0.0332. The largest absolute Gasteiger partial charge is 0.388 e. The molecule has 0 spiro atoms. The SMILES string of the molecule is C=C1[C@H](O)CC(=C/C=C2\CCCC3(C)C2CCC3[C@@H](C)OCc2cccc(C(C)C)c2)C[C@H]1O. The summed E-state index contributed by atoms with van der Waals surface area (Å²) in [4.78, 5) is 0. The van der Waals surface area contributed by atoms with E-state index < -0.39 is 12.2 Å². The van der Waals surface area contributed by atoms with Gasteiger partial charge in [0.1, 0.15) is 0 Å². The van der Waals surface area contributed by atoms with Gasteiger partial charge in [0.2, 0.25) is 0 Å². The Balaban J connectivity index is 1.42. The van der Waals surface area contributed by atoms with Crippen LogP contribution in [0.3, 0.4) is 0 Å². The lowest BCUT2D eigenvalue weighted by Gasteiger charge is -2.44. The molecule has 6 atom stereocenters. The van der Waals surface area contributed by atoms with Crippen molar-refractivity contribution < 1.29 is 14.9 Å². The van der Waals surface area contributed by atoms with Crippen molar-refractivity contribution in [2.45, 2.75) is 103 Å². The topological polar surface area (TPSA) is 49.7 Å². The standard InChI is InChI=1S/C31H44O3/c1-20(2)26-9-6-8-24(16-26)19-34-22(4)27-13-14-28-25(10-7-15-31(27,28)5)12-11-23-17-29(32)21(3)30(33)18-23/h6,8-9,11-12,16,20,22,27-30,32-33H,3,7,10,13-15,17-19H2,1-2,4-5H3/b25-12+/t22-,27?,28?,29-,30-,31?/m1/s1. The zero-order chi connectivity index (χ0) is 24.5. The van der Waals surface area contributed by atoms with E-state index in [0.29, 0.717) is 42.8 Å². The first-order chi connectivity index (χ1) is 16.2. The highest BCUT2D eigenvalue weighted by Crippen LogP contribution is 2.58. The number of allylic oxidation sites excluding steroid dienone is 3. The molecular formula is C31H44O3. The van der Waals surface area contributed by atoms with Crippen LogP contribution >= 0.6 is 0 Å². The number of hydrogen-bond acceptors (Lipinski definition) is 3. The molecule has 3 heteroatoms. The second-order valence-corrected chi connectivity index (χ2v) is 11.6. The maximum absolute atomic E-state index is 10.2. The van der Waals surface area contributed by atoms with E-state index in [1.165, 1.54) is 36.8 Å². The van der Waals surface area contributed by atoms with Crippen molar-refractivity contribution in [3.05, 3.63) is 70.8 Å². The average molecular weight is 465 g/mol. The van der Waals surface area contributed by atoms with Gasteiger partial charge in [-0.05, 0) is 91.7 Å². The van der Waals surface area contributed by atoms with Crippen molar-refractivity contribution in [1.82, 2.24) is 0 Å². The van der Waals surface area contributed by atoms with Crippen molar-refractivity contribution in [2.24, 2.45) is 17.3 Å². The smallest absolute Gasteiger partial charge is 0.0809 e. The summed E-state index contributed by atoms with van der Waals surface area (Å²) in [6.07, 6.45) is 10.8. The van der Waals surface area contributed by atoms with Crippen molar-refractivity contribution in [3.8, 4) is 0 Å². The molecule has 3 aliphatic carbocycles. The van der Waals surface area contributed by atoms with Crippen LogP contribution in [0.2, 0.25) is 0 Å². The quantitative estimate of drug-likeness (QED) is 0.452. The van der Waals surface area contributed by atoms with Gasteiger partial charge in [0.25, 0.3) is 0 Å². The highest BCUT2D eigenvalue weighted by molar-refractivity contribution is 5.30. The molecule has 2 N–H and O–H groups in total. The van der Waals surface area contributed by atoms with E-state index in [9.17, 15) is 10.2 Å².